The van der Waals surface area contributed by atoms with E-state index in [1.165, 1.54) is 36.0 Å². The van der Waals surface area contributed by atoms with Gasteiger partial charge in [-0.05, 0) is 43.7 Å². The molecular formula is C11H13. The monoisotopic (exact) mass is 145 g/mol. The Morgan fingerprint density at radius 1 is 1.27 bits per heavy atom. The number of rotatable bonds is 0. The molecule has 1 aliphatic rings. The summed E-state index contributed by atoms with van der Waals surface area (Å²) in [6.07, 6.45) is 6.21. The van der Waals surface area contributed by atoms with Gasteiger partial charge in [0.2, 0.25) is 0 Å². The maximum Gasteiger partial charge on any atom is -0.00901 e. The minimum atomic E-state index is 1.26. The molecule has 0 aromatic heterocycles. The van der Waals surface area contributed by atoms with E-state index in [1.807, 2.05) is 0 Å². The second-order valence-electron chi connectivity index (χ2n) is 3.30. The summed E-state index contributed by atoms with van der Waals surface area (Å²) in [5.74, 6) is 0. The van der Waals surface area contributed by atoms with E-state index in [4.69, 9.17) is 0 Å². The maximum atomic E-state index is 2.35. The predicted molar refractivity (Wildman–Crippen MR) is 47.5 cm³/mol. The lowest BCUT2D eigenvalue weighted by Crippen LogP contribution is -2.00. The summed E-state index contributed by atoms with van der Waals surface area (Å²) in [7, 11) is 0. The first-order valence-corrected chi connectivity index (χ1v) is 4.29. The normalized spacial score (nSPS) is 16.1. The number of benzene rings is 1. The van der Waals surface area contributed by atoms with E-state index in [2.05, 4.69) is 31.5 Å². The SMILES string of the molecule is Cc1ccc2c(c1)CCC[CH]2. The van der Waals surface area contributed by atoms with E-state index in [0.29, 0.717) is 0 Å². The van der Waals surface area contributed by atoms with Crippen molar-refractivity contribution >= 4 is 0 Å². The van der Waals surface area contributed by atoms with Crippen molar-refractivity contribution in [1.29, 1.82) is 0 Å². The van der Waals surface area contributed by atoms with Gasteiger partial charge in [0.15, 0.2) is 0 Å². The number of hydrogen-bond acceptors (Lipinski definition) is 0. The molecule has 0 heterocycles. The van der Waals surface area contributed by atoms with Crippen LogP contribution in [0.4, 0.5) is 0 Å². The van der Waals surface area contributed by atoms with Crippen molar-refractivity contribution in [2.24, 2.45) is 0 Å². The summed E-state index contributed by atoms with van der Waals surface area (Å²) in [6, 6.07) is 6.75. The molecule has 2 rings (SSSR count). The average Bonchev–Trinajstić information content (AvgIpc) is 2.04. The van der Waals surface area contributed by atoms with Gasteiger partial charge in [-0.1, -0.05) is 23.8 Å². The molecule has 0 unspecified atom stereocenters. The molecule has 1 aliphatic carbocycles. The van der Waals surface area contributed by atoms with Crippen molar-refractivity contribution in [2.45, 2.75) is 26.2 Å². The zero-order valence-electron chi connectivity index (χ0n) is 6.93. The van der Waals surface area contributed by atoms with Gasteiger partial charge >= 0.3 is 0 Å². The third-order valence-corrected chi connectivity index (χ3v) is 2.31. The van der Waals surface area contributed by atoms with Crippen LogP contribution in [0.3, 0.4) is 0 Å². The van der Waals surface area contributed by atoms with E-state index in [9.17, 15) is 0 Å². The Morgan fingerprint density at radius 2 is 2.18 bits per heavy atom. The van der Waals surface area contributed by atoms with Gasteiger partial charge in [0.1, 0.15) is 0 Å². The fourth-order valence-electron chi connectivity index (χ4n) is 1.70. The van der Waals surface area contributed by atoms with E-state index in [1.54, 1.807) is 0 Å². The lowest BCUT2D eigenvalue weighted by molar-refractivity contribution is 0.774. The molecule has 0 N–H and O–H groups in total. The summed E-state index contributed by atoms with van der Waals surface area (Å²) < 4.78 is 0. The Balaban J connectivity index is 2.43. The zero-order valence-corrected chi connectivity index (χ0v) is 6.93. The van der Waals surface area contributed by atoms with Gasteiger partial charge in [-0.25, -0.2) is 0 Å². The van der Waals surface area contributed by atoms with Crippen LogP contribution in [0, 0.1) is 13.3 Å². The molecule has 57 valence electrons. The molecule has 0 nitrogen and oxygen atoms in total. The van der Waals surface area contributed by atoms with Crippen LogP contribution in [0.2, 0.25) is 0 Å². The maximum absolute atomic E-state index is 2.35. The van der Waals surface area contributed by atoms with Crippen molar-refractivity contribution in [3.05, 3.63) is 41.3 Å². The Hall–Kier alpha value is -0.780. The van der Waals surface area contributed by atoms with E-state index in [-0.39, 0.29) is 0 Å². The highest BCUT2D eigenvalue weighted by Gasteiger charge is 2.07. The van der Waals surface area contributed by atoms with Gasteiger partial charge in [0.05, 0.1) is 0 Å². The van der Waals surface area contributed by atoms with Crippen LogP contribution in [0.25, 0.3) is 0 Å². The third-order valence-electron chi connectivity index (χ3n) is 2.31. The first-order valence-electron chi connectivity index (χ1n) is 4.29. The van der Waals surface area contributed by atoms with Crippen LogP contribution >= 0.6 is 0 Å². The molecule has 0 saturated carbocycles. The molecule has 0 fully saturated rings. The number of aryl methyl sites for hydroxylation is 2. The Kier molecular flexibility index (Phi) is 1.69. The summed E-state index contributed by atoms with van der Waals surface area (Å²) in [5, 5.41) is 0. The van der Waals surface area contributed by atoms with Gasteiger partial charge in [0, 0.05) is 0 Å². The van der Waals surface area contributed by atoms with Crippen LogP contribution in [0.5, 0.6) is 0 Å². The molecule has 0 spiro atoms. The quantitative estimate of drug-likeness (QED) is 0.526. The minimum absolute atomic E-state index is 1.26. The average molecular weight is 145 g/mol. The first kappa shape index (κ1) is 6.90. The van der Waals surface area contributed by atoms with Crippen LogP contribution in [0.1, 0.15) is 29.5 Å². The van der Waals surface area contributed by atoms with Crippen LogP contribution in [-0.2, 0) is 6.42 Å². The number of hydrogen-bond donors (Lipinski definition) is 0. The van der Waals surface area contributed by atoms with E-state index in [0.717, 1.165) is 0 Å². The molecule has 0 heteroatoms. The van der Waals surface area contributed by atoms with Crippen molar-refractivity contribution in [1.82, 2.24) is 0 Å². The topological polar surface area (TPSA) is 0 Å². The minimum Gasteiger partial charge on any atom is -0.0590 e. The van der Waals surface area contributed by atoms with Crippen LogP contribution in [-0.4, -0.2) is 0 Å². The summed E-state index contributed by atoms with van der Waals surface area (Å²) >= 11 is 0. The molecule has 1 radical (unpaired) electrons. The highest BCUT2D eigenvalue weighted by atomic mass is 14.1. The molecule has 0 amide bonds. The fourth-order valence-corrected chi connectivity index (χ4v) is 1.70. The smallest absolute Gasteiger partial charge is 0.00901 e. The van der Waals surface area contributed by atoms with Gasteiger partial charge in [-0.3, -0.25) is 0 Å². The van der Waals surface area contributed by atoms with Gasteiger partial charge < -0.3 is 0 Å². The Labute approximate surface area is 68.3 Å². The first-order chi connectivity index (χ1) is 5.36. The van der Waals surface area contributed by atoms with E-state index >= 15 is 0 Å². The van der Waals surface area contributed by atoms with Crippen LogP contribution in [0.15, 0.2) is 18.2 Å². The van der Waals surface area contributed by atoms with Gasteiger partial charge in [-0.15, -0.1) is 0 Å². The van der Waals surface area contributed by atoms with Crippen LogP contribution < -0.4 is 0 Å². The molecule has 0 bridgehead atoms. The predicted octanol–water partition coefficient (Wildman–Crippen LogP) is 2.88. The lowest BCUT2D eigenvalue weighted by atomic mass is 9.91. The van der Waals surface area contributed by atoms with Crippen molar-refractivity contribution in [3.8, 4) is 0 Å². The Morgan fingerprint density at radius 3 is 3.09 bits per heavy atom. The van der Waals surface area contributed by atoms with Gasteiger partial charge in [-0.2, -0.15) is 0 Å². The highest BCUT2D eigenvalue weighted by molar-refractivity contribution is 5.37. The third kappa shape index (κ3) is 1.30. The second-order valence-corrected chi connectivity index (χ2v) is 3.30. The lowest BCUT2D eigenvalue weighted by Gasteiger charge is -2.14. The zero-order chi connectivity index (χ0) is 7.68. The highest BCUT2D eigenvalue weighted by Crippen LogP contribution is 2.23. The molecule has 0 atom stereocenters. The van der Waals surface area contributed by atoms with Crippen molar-refractivity contribution in [3.63, 3.8) is 0 Å². The Bertz CT molecular complexity index is 261. The van der Waals surface area contributed by atoms with E-state index < -0.39 is 0 Å². The summed E-state index contributed by atoms with van der Waals surface area (Å²) in [4.78, 5) is 0. The standard InChI is InChI=1S/C11H13/c1-9-6-7-10-4-2-3-5-11(10)8-9/h4,6-8H,2-3,5H2,1H3. The van der Waals surface area contributed by atoms with Crippen molar-refractivity contribution < 1.29 is 0 Å². The largest absolute Gasteiger partial charge is 0.0590 e. The fraction of sp³-hybridized carbons (Fsp3) is 0.364. The van der Waals surface area contributed by atoms with Gasteiger partial charge in [0.25, 0.3) is 0 Å². The van der Waals surface area contributed by atoms with Crippen molar-refractivity contribution in [2.75, 3.05) is 0 Å². The molecule has 11 heavy (non-hydrogen) atoms. The molecule has 0 saturated heterocycles. The molecule has 1 aromatic carbocycles. The molecule has 0 aliphatic heterocycles. The molecule has 1 aromatic rings. The number of fused-ring (bicyclic) bond motifs is 1. The second kappa shape index (κ2) is 2.69. The summed E-state index contributed by atoms with van der Waals surface area (Å²) in [5.41, 5.74) is 4.39. The summed E-state index contributed by atoms with van der Waals surface area (Å²) in [6.45, 7) is 2.16. The molecular weight excluding hydrogens is 132 g/mol.